The first-order valence-corrected chi connectivity index (χ1v) is 3.80. The maximum absolute atomic E-state index is 10.5. The van der Waals surface area contributed by atoms with E-state index in [2.05, 4.69) is 6.58 Å². The Bertz CT molecular complexity index is 224. The summed E-state index contributed by atoms with van der Waals surface area (Å²) in [6.45, 7) is 7.91. The Hall–Kier alpha value is -1.32. The van der Waals surface area contributed by atoms with Gasteiger partial charge >= 0.3 is 0 Å². The molecule has 2 N–H and O–H groups in total. The van der Waals surface area contributed by atoms with E-state index < -0.39 is 0 Å². The Morgan fingerprint density at radius 3 is 2.38 bits per heavy atom. The number of likely N-dealkylation sites (N-methyl/N-ethyl adjacent to an activating group) is 1. The van der Waals surface area contributed by atoms with Crippen LogP contribution in [0.2, 0.25) is 0 Å². The van der Waals surface area contributed by atoms with Crippen LogP contribution >= 0.6 is 0 Å². The standard InChI is InChI=1S/C9H16N2O.FH/c1-5-7(2)8(3)11(4)6-9(10)12;/h5H,3,6H2,1-2,4H3,(H2,10,12);1H/b7-5-;. The van der Waals surface area contributed by atoms with E-state index in [1.54, 1.807) is 11.9 Å². The fraction of sp³-hybridized carbons (Fsp3) is 0.444. The van der Waals surface area contributed by atoms with Crippen molar-refractivity contribution in [1.82, 2.24) is 4.90 Å². The third-order valence-corrected chi connectivity index (χ3v) is 1.74. The molecule has 0 spiro atoms. The third kappa shape index (κ3) is 5.00. The van der Waals surface area contributed by atoms with Gasteiger partial charge in [0.05, 0.1) is 6.54 Å². The average Bonchev–Trinajstić information content (AvgIpc) is 2.00. The number of amides is 1. The van der Waals surface area contributed by atoms with Gasteiger partial charge in [-0.2, -0.15) is 0 Å². The van der Waals surface area contributed by atoms with Gasteiger partial charge in [0.15, 0.2) is 0 Å². The second kappa shape index (κ2) is 6.22. The van der Waals surface area contributed by atoms with Crippen LogP contribution in [0.15, 0.2) is 23.9 Å². The lowest BCUT2D eigenvalue weighted by Crippen LogP contribution is -2.30. The molecule has 0 radical (unpaired) electrons. The molecule has 13 heavy (non-hydrogen) atoms. The van der Waals surface area contributed by atoms with Gasteiger partial charge in [-0.3, -0.25) is 9.50 Å². The smallest absolute Gasteiger partial charge is 0.236 e. The third-order valence-electron chi connectivity index (χ3n) is 1.74. The second-order valence-electron chi connectivity index (χ2n) is 2.74. The average molecular weight is 188 g/mol. The highest BCUT2D eigenvalue weighted by Crippen LogP contribution is 2.09. The first-order chi connectivity index (χ1) is 5.49. The number of primary amides is 1. The second-order valence-corrected chi connectivity index (χ2v) is 2.74. The molecule has 0 aliphatic rings. The normalized spacial score (nSPS) is 10.2. The number of allylic oxidation sites excluding steroid dienone is 2. The lowest BCUT2D eigenvalue weighted by Gasteiger charge is -2.20. The van der Waals surface area contributed by atoms with Gasteiger partial charge in [-0.25, -0.2) is 0 Å². The molecular formula is C9H17FN2O. The number of hydrogen-bond acceptors (Lipinski definition) is 2. The molecule has 1 amide bonds. The van der Waals surface area contributed by atoms with E-state index in [1.807, 2.05) is 19.9 Å². The van der Waals surface area contributed by atoms with Crippen molar-refractivity contribution in [2.75, 3.05) is 13.6 Å². The largest absolute Gasteiger partial charge is 0.368 e. The molecule has 76 valence electrons. The molecule has 0 unspecified atom stereocenters. The van der Waals surface area contributed by atoms with Crippen LogP contribution < -0.4 is 5.73 Å². The van der Waals surface area contributed by atoms with Crippen molar-refractivity contribution in [1.29, 1.82) is 0 Å². The van der Waals surface area contributed by atoms with E-state index in [4.69, 9.17) is 5.73 Å². The van der Waals surface area contributed by atoms with Gasteiger partial charge in [0.25, 0.3) is 0 Å². The van der Waals surface area contributed by atoms with Gasteiger partial charge in [0.2, 0.25) is 5.91 Å². The van der Waals surface area contributed by atoms with Gasteiger partial charge < -0.3 is 10.6 Å². The van der Waals surface area contributed by atoms with Gasteiger partial charge in [0.1, 0.15) is 0 Å². The van der Waals surface area contributed by atoms with Crippen LogP contribution in [0.25, 0.3) is 0 Å². The van der Waals surface area contributed by atoms with Gasteiger partial charge in [-0.1, -0.05) is 12.7 Å². The molecule has 0 aliphatic carbocycles. The minimum atomic E-state index is -0.345. The fourth-order valence-electron chi connectivity index (χ4n) is 0.797. The number of halogens is 1. The van der Waals surface area contributed by atoms with Crippen molar-refractivity contribution >= 4 is 5.91 Å². The highest BCUT2D eigenvalue weighted by Gasteiger charge is 2.05. The van der Waals surface area contributed by atoms with E-state index in [1.165, 1.54) is 0 Å². The maximum Gasteiger partial charge on any atom is 0.236 e. The lowest BCUT2D eigenvalue weighted by atomic mass is 10.2. The number of nitrogens with two attached hydrogens (primary N) is 1. The molecule has 0 aromatic carbocycles. The summed E-state index contributed by atoms with van der Waals surface area (Å²) >= 11 is 0. The molecule has 0 heterocycles. The molecular weight excluding hydrogens is 171 g/mol. The van der Waals surface area contributed by atoms with Gasteiger partial charge in [-0.05, 0) is 19.4 Å². The molecule has 0 rings (SSSR count). The van der Waals surface area contributed by atoms with E-state index >= 15 is 0 Å². The minimum Gasteiger partial charge on any atom is -0.368 e. The molecule has 0 aromatic rings. The molecule has 0 atom stereocenters. The molecule has 0 aromatic heterocycles. The first kappa shape index (κ1) is 14.2. The summed E-state index contributed by atoms with van der Waals surface area (Å²) < 4.78 is 0. The van der Waals surface area contributed by atoms with Crippen molar-refractivity contribution in [2.45, 2.75) is 13.8 Å². The summed E-state index contributed by atoms with van der Waals surface area (Å²) in [5, 5.41) is 0. The molecule has 0 fully saturated rings. The zero-order valence-corrected chi connectivity index (χ0v) is 8.33. The van der Waals surface area contributed by atoms with Crippen LogP contribution in [0.1, 0.15) is 13.8 Å². The number of nitrogens with zero attached hydrogens (tertiary/aromatic N) is 1. The van der Waals surface area contributed by atoms with Crippen molar-refractivity contribution in [2.24, 2.45) is 5.73 Å². The van der Waals surface area contributed by atoms with E-state index in [-0.39, 0.29) is 17.2 Å². The zero-order chi connectivity index (χ0) is 9.72. The molecule has 0 saturated carbocycles. The van der Waals surface area contributed by atoms with Crippen LogP contribution in [-0.2, 0) is 4.79 Å². The fourth-order valence-corrected chi connectivity index (χ4v) is 0.797. The summed E-state index contributed by atoms with van der Waals surface area (Å²) in [6.07, 6.45) is 1.94. The van der Waals surface area contributed by atoms with Gasteiger partial charge in [-0.15, -0.1) is 0 Å². The quantitative estimate of drug-likeness (QED) is 0.670. The molecule has 0 saturated heterocycles. The number of carbonyl (C=O) groups is 1. The monoisotopic (exact) mass is 188 g/mol. The van der Waals surface area contributed by atoms with Crippen LogP contribution in [0.3, 0.4) is 0 Å². The van der Waals surface area contributed by atoms with Crippen molar-refractivity contribution < 1.29 is 9.50 Å². The van der Waals surface area contributed by atoms with Gasteiger partial charge in [0, 0.05) is 12.7 Å². The topological polar surface area (TPSA) is 46.3 Å². The Balaban J connectivity index is 0. The number of carbonyl (C=O) groups excluding carboxylic acids is 1. The SMILES string of the molecule is C=C(/C(C)=C\C)N(C)CC(N)=O.F. The molecule has 0 bridgehead atoms. The number of rotatable bonds is 4. The number of hydrogen-bond donors (Lipinski definition) is 1. The predicted octanol–water partition coefficient (Wildman–Crippen LogP) is 1.04. The van der Waals surface area contributed by atoms with Crippen LogP contribution in [0.5, 0.6) is 0 Å². The highest BCUT2D eigenvalue weighted by atomic mass is 19.0. The Kier molecular flexibility index (Phi) is 6.81. The van der Waals surface area contributed by atoms with E-state index in [0.29, 0.717) is 0 Å². The van der Waals surface area contributed by atoms with Crippen molar-refractivity contribution in [3.8, 4) is 0 Å². The first-order valence-electron chi connectivity index (χ1n) is 3.80. The Morgan fingerprint density at radius 1 is 1.62 bits per heavy atom. The summed E-state index contributed by atoms with van der Waals surface area (Å²) in [5.41, 5.74) is 6.92. The van der Waals surface area contributed by atoms with Crippen LogP contribution in [-0.4, -0.2) is 24.4 Å². The summed E-state index contributed by atoms with van der Waals surface area (Å²) in [4.78, 5) is 12.3. The maximum atomic E-state index is 10.5. The summed E-state index contributed by atoms with van der Waals surface area (Å²) in [6, 6.07) is 0. The molecule has 3 nitrogen and oxygen atoms in total. The lowest BCUT2D eigenvalue weighted by molar-refractivity contribution is -0.118. The van der Waals surface area contributed by atoms with Crippen LogP contribution in [0.4, 0.5) is 4.70 Å². The van der Waals surface area contributed by atoms with Crippen LogP contribution in [0, 0.1) is 0 Å². The van der Waals surface area contributed by atoms with Crippen molar-refractivity contribution in [3.63, 3.8) is 0 Å². The summed E-state index contributed by atoms with van der Waals surface area (Å²) in [5.74, 6) is -0.345. The molecule has 4 heteroatoms. The minimum absolute atomic E-state index is 0. The van der Waals surface area contributed by atoms with E-state index in [0.717, 1.165) is 11.3 Å². The zero-order valence-electron chi connectivity index (χ0n) is 8.33. The van der Waals surface area contributed by atoms with Crippen molar-refractivity contribution in [3.05, 3.63) is 23.9 Å². The predicted molar refractivity (Wildman–Crippen MR) is 52.9 cm³/mol. The molecule has 0 aliphatic heterocycles. The Morgan fingerprint density at radius 2 is 2.08 bits per heavy atom. The summed E-state index contributed by atoms with van der Waals surface area (Å²) in [7, 11) is 1.79. The Labute approximate surface area is 78.3 Å². The highest BCUT2D eigenvalue weighted by molar-refractivity contribution is 5.76. The van der Waals surface area contributed by atoms with E-state index in [9.17, 15) is 4.79 Å².